The molecule has 21 heavy (non-hydrogen) atoms. The Kier molecular flexibility index (Phi) is 4.43. The van der Waals surface area contributed by atoms with Crippen molar-refractivity contribution < 1.29 is 14.6 Å². The van der Waals surface area contributed by atoms with E-state index >= 15 is 0 Å². The lowest BCUT2D eigenvalue weighted by molar-refractivity contribution is -0.108. The van der Waals surface area contributed by atoms with Gasteiger partial charge in [0.1, 0.15) is 11.9 Å². The molecule has 0 radical (unpaired) electrons. The van der Waals surface area contributed by atoms with Crippen LogP contribution in [0.15, 0.2) is 18.2 Å². The number of rotatable bonds is 3. The van der Waals surface area contributed by atoms with E-state index in [0.29, 0.717) is 5.02 Å². The molecule has 0 bridgehead atoms. The van der Waals surface area contributed by atoms with Gasteiger partial charge in [0.15, 0.2) is 0 Å². The number of hydrogen-bond acceptors (Lipinski definition) is 3. The van der Waals surface area contributed by atoms with Crippen LogP contribution in [0.25, 0.3) is 0 Å². The third-order valence-corrected chi connectivity index (χ3v) is 4.91. The monoisotopic (exact) mass is 310 g/mol. The quantitative estimate of drug-likeness (QED) is 0.906. The van der Waals surface area contributed by atoms with Crippen molar-refractivity contribution in [2.45, 2.75) is 63.3 Å². The summed E-state index contributed by atoms with van der Waals surface area (Å²) in [7, 11) is 0. The summed E-state index contributed by atoms with van der Waals surface area (Å²) >= 11 is 6.02. The maximum absolute atomic E-state index is 9.90. The molecule has 1 heterocycles. The van der Waals surface area contributed by atoms with E-state index in [1.807, 2.05) is 12.1 Å². The number of aliphatic hydroxyl groups is 1. The summed E-state index contributed by atoms with van der Waals surface area (Å²) in [5.74, 6) is 0.745. The minimum absolute atomic E-state index is 0.0420. The lowest BCUT2D eigenvalue weighted by Gasteiger charge is -2.38. The first-order valence-corrected chi connectivity index (χ1v) is 8.24. The minimum atomic E-state index is -0.584. The van der Waals surface area contributed by atoms with Gasteiger partial charge in [-0.1, -0.05) is 24.4 Å². The van der Waals surface area contributed by atoms with Crippen molar-refractivity contribution in [2.75, 3.05) is 6.61 Å². The predicted molar refractivity (Wildman–Crippen MR) is 82.9 cm³/mol. The largest absolute Gasteiger partial charge is 0.490 e. The first kappa shape index (κ1) is 15.1. The van der Waals surface area contributed by atoms with E-state index in [1.54, 1.807) is 13.0 Å². The van der Waals surface area contributed by atoms with E-state index < -0.39 is 6.10 Å². The number of ether oxygens (including phenoxy) is 2. The van der Waals surface area contributed by atoms with Crippen molar-refractivity contribution in [3.63, 3.8) is 0 Å². The molecule has 1 saturated carbocycles. The van der Waals surface area contributed by atoms with Crippen LogP contribution < -0.4 is 4.74 Å². The second kappa shape index (κ2) is 6.15. The molecule has 2 atom stereocenters. The minimum Gasteiger partial charge on any atom is -0.490 e. The Morgan fingerprint density at radius 1 is 1.38 bits per heavy atom. The molecular weight excluding hydrogens is 288 g/mol. The fourth-order valence-electron chi connectivity index (χ4n) is 3.58. The highest BCUT2D eigenvalue weighted by atomic mass is 35.5. The summed E-state index contributed by atoms with van der Waals surface area (Å²) in [4.78, 5) is 0. The Morgan fingerprint density at radius 2 is 2.14 bits per heavy atom. The molecule has 1 saturated heterocycles. The van der Waals surface area contributed by atoms with Crippen LogP contribution in [0.3, 0.4) is 0 Å². The van der Waals surface area contributed by atoms with Crippen molar-refractivity contribution in [1.82, 2.24) is 0 Å². The van der Waals surface area contributed by atoms with Gasteiger partial charge in [-0.3, -0.25) is 0 Å². The smallest absolute Gasteiger partial charge is 0.125 e. The fourth-order valence-corrected chi connectivity index (χ4v) is 3.76. The normalized spacial score (nSPS) is 26.0. The van der Waals surface area contributed by atoms with Gasteiger partial charge in [-0.15, -0.1) is 0 Å². The molecule has 2 aliphatic rings. The Balaban J connectivity index is 1.74. The van der Waals surface area contributed by atoms with E-state index in [9.17, 15) is 5.11 Å². The predicted octanol–water partition coefficient (Wildman–Crippen LogP) is 4.26. The van der Waals surface area contributed by atoms with Crippen molar-refractivity contribution in [3.8, 4) is 5.75 Å². The van der Waals surface area contributed by atoms with Crippen LogP contribution in [-0.4, -0.2) is 23.4 Å². The van der Waals surface area contributed by atoms with Gasteiger partial charge in [-0.25, -0.2) is 0 Å². The Hall–Kier alpha value is -0.770. The van der Waals surface area contributed by atoms with Gasteiger partial charge in [0.25, 0.3) is 0 Å². The highest BCUT2D eigenvalue weighted by Gasteiger charge is 2.40. The molecule has 1 N–H and O–H groups in total. The standard InChI is InChI=1S/C17H23ClO3/c1-12(19)15-10-13(18)4-5-16(15)21-14-6-9-20-17(11-14)7-2-3-8-17/h4-5,10,12,14,19H,2-3,6-9,11H2,1H3/t12-,14?/m0/s1. The molecule has 1 aromatic rings. The van der Waals surface area contributed by atoms with Gasteiger partial charge in [0.05, 0.1) is 18.3 Å². The van der Waals surface area contributed by atoms with Crippen molar-refractivity contribution in [3.05, 3.63) is 28.8 Å². The summed E-state index contributed by atoms with van der Waals surface area (Å²) in [5, 5.41) is 10.5. The van der Waals surface area contributed by atoms with Crippen LogP contribution in [0.5, 0.6) is 5.75 Å². The third kappa shape index (κ3) is 3.36. The Morgan fingerprint density at radius 3 is 2.86 bits per heavy atom. The van der Waals surface area contributed by atoms with E-state index in [4.69, 9.17) is 21.1 Å². The fraction of sp³-hybridized carbons (Fsp3) is 0.647. The zero-order chi connectivity index (χ0) is 14.9. The molecule has 1 aromatic carbocycles. The number of benzene rings is 1. The lowest BCUT2D eigenvalue weighted by Crippen LogP contribution is -2.41. The summed E-state index contributed by atoms with van der Waals surface area (Å²) in [5.41, 5.74) is 0.801. The topological polar surface area (TPSA) is 38.7 Å². The Bertz CT molecular complexity index is 495. The van der Waals surface area contributed by atoms with E-state index in [1.165, 1.54) is 12.8 Å². The molecule has 0 amide bonds. The average Bonchev–Trinajstić information content (AvgIpc) is 2.88. The summed E-state index contributed by atoms with van der Waals surface area (Å²) in [6, 6.07) is 5.46. The molecule has 4 heteroatoms. The molecule has 1 aliphatic carbocycles. The van der Waals surface area contributed by atoms with E-state index in [0.717, 1.165) is 43.6 Å². The summed E-state index contributed by atoms with van der Waals surface area (Å²) in [6.07, 6.45) is 6.25. The first-order valence-electron chi connectivity index (χ1n) is 7.86. The number of hydrogen-bond donors (Lipinski definition) is 1. The number of halogens is 1. The van der Waals surface area contributed by atoms with Crippen LogP contribution in [0.1, 0.15) is 57.1 Å². The van der Waals surface area contributed by atoms with Crippen LogP contribution in [0, 0.1) is 0 Å². The molecular formula is C17H23ClO3. The van der Waals surface area contributed by atoms with E-state index in [2.05, 4.69) is 0 Å². The van der Waals surface area contributed by atoms with Gasteiger partial charge in [0.2, 0.25) is 0 Å². The van der Waals surface area contributed by atoms with Crippen molar-refractivity contribution in [1.29, 1.82) is 0 Å². The van der Waals surface area contributed by atoms with Crippen LogP contribution in [0.4, 0.5) is 0 Å². The second-order valence-corrected chi connectivity index (χ2v) is 6.77. The van der Waals surface area contributed by atoms with Gasteiger partial charge < -0.3 is 14.6 Å². The van der Waals surface area contributed by atoms with Crippen LogP contribution in [-0.2, 0) is 4.74 Å². The van der Waals surface area contributed by atoms with Gasteiger partial charge in [0, 0.05) is 23.4 Å². The van der Waals surface area contributed by atoms with Crippen LogP contribution in [0.2, 0.25) is 5.02 Å². The lowest BCUT2D eigenvalue weighted by atomic mass is 9.90. The molecule has 1 aliphatic heterocycles. The number of aliphatic hydroxyl groups excluding tert-OH is 1. The molecule has 116 valence electrons. The zero-order valence-corrected chi connectivity index (χ0v) is 13.2. The highest BCUT2D eigenvalue weighted by molar-refractivity contribution is 6.30. The molecule has 0 aromatic heterocycles. The molecule has 1 unspecified atom stereocenters. The summed E-state index contributed by atoms with van der Waals surface area (Å²) < 4.78 is 12.2. The third-order valence-electron chi connectivity index (χ3n) is 4.68. The maximum Gasteiger partial charge on any atom is 0.125 e. The maximum atomic E-state index is 9.90. The average molecular weight is 311 g/mol. The van der Waals surface area contributed by atoms with Crippen LogP contribution >= 0.6 is 11.6 Å². The van der Waals surface area contributed by atoms with Gasteiger partial charge >= 0.3 is 0 Å². The molecule has 3 nitrogen and oxygen atoms in total. The highest BCUT2D eigenvalue weighted by Crippen LogP contribution is 2.41. The van der Waals surface area contributed by atoms with Gasteiger partial charge in [-0.05, 0) is 38.0 Å². The SMILES string of the molecule is C[C@H](O)c1cc(Cl)ccc1OC1CCOC2(CCCC2)C1. The van der Waals surface area contributed by atoms with Gasteiger partial charge in [-0.2, -0.15) is 0 Å². The van der Waals surface area contributed by atoms with E-state index in [-0.39, 0.29) is 11.7 Å². The zero-order valence-electron chi connectivity index (χ0n) is 12.5. The van der Waals surface area contributed by atoms with Crippen molar-refractivity contribution in [2.24, 2.45) is 0 Å². The molecule has 3 rings (SSSR count). The molecule has 1 spiro atoms. The Labute approximate surface area is 131 Å². The first-order chi connectivity index (χ1) is 10.1. The van der Waals surface area contributed by atoms with Crippen molar-refractivity contribution >= 4 is 11.6 Å². The molecule has 2 fully saturated rings. The summed E-state index contributed by atoms with van der Waals surface area (Å²) in [6.45, 7) is 2.50. The second-order valence-electron chi connectivity index (χ2n) is 6.33.